The fraction of sp³-hybridized carbons (Fsp3) is 0.350. The van der Waals surface area contributed by atoms with Crippen LogP contribution in [0.5, 0.6) is 0 Å². The molecule has 2 aromatic rings. The Balaban J connectivity index is 0.00000280. The van der Waals surface area contributed by atoms with Crippen molar-refractivity contribution in [3.8, 4) is 0 Å². The van der Waals surface area contributed by atoms with E-state index < -0.39 is 0 Å². The second kappa shape index (κ2) is 10.7. The Morgan fingerprint density at radius 1 is 1.25 bits per heavy atom. The summed E-state index contributed by atoms with van der Waals surface area (Å²) in [7, 11) is 0. The van der Waals surface area contributed by atoms with Crippen molar-refractivity contribution in [2.24, 2.45) is 5.11 Å². The zero-order valence-corrected chi connectivity index (χ0v) is 21.0. The average molecular weight is 561 g/mol. The molecule has 28 heavy (non-hydrogen) atoms. The molecule has 1 saturated heterocycles. The summed E-state index contributed by atoms with van der Waals surface area (Å²) in [6.45, 7) is 8.08. The number of hydrogen-bond acceptors (Lipinski definition) is 4. The minimum absolute atomic E-state index is 0. The predicted octanol–water partition coefficient (Wildman–Crippen LogP) is 4.65. The molecule has 2 aromatic carbocycles. The van der Waals surface area contributed by atoms with E-state index in [1.807, 2.05) is 6.07 Å². The minimum Gasteiger partial charge on any atom is -0.391 e. The van der Waals surface area contributed by atoms with Gasteiger partial charge in [0.2, 0.25) is 0 Å². The molecular formula is C20H21IN5OY-. The van der Waals surface area contributed by atoms with E-state index in [0.717, 1.165) is 35.4 Å². The topological polar surface area (TPSA) is 72.3 Å². The van der Waals surface area contributed by atoms with Crippen molar-refractivity contribution in [1.82, 2.24) is 4.90 Å². The molecule has 0 aliphatic carbocycles. The maximum atomic E-state index is 12.6. The number of halogens is 1. The number of piperazine rings is 1. The third-order valence-electron chi connectivity index (χ3n) is 4.73. The number of rotatable bonds is 5. The van der Waals surface area contributed by atoms with Crippen LogP contribution < -0.4 is 4.90 Å². The van der Waals surface area contributed by atoms with Gasteiger partial charge < -0.3 is 4.90 Å². The van der Waals surface area contributed by atoms with E-state index in [4.69, 9.17) is 5.53 Å². The zero-order valence-electron chi connectivity index (χ0n) is 16.0. The summed E-state index contributed by atoms with van der Waals surface area (Å²) in [6.07, 6.45) is 0. The maximum absolute atomic E-state index is 12.6. The van der Waals surface area contributed by atoms with Crippen molar-refractivity contribution >= 4 is 39.7 Å². The van der Waals surface area contributed by atoms with Crippen molar-refractivity contribution < 1.29 is 37.5 Å². The normalized spacial score (nSPS) is 14.2. The summed E-state index contributed by atoms with van der Waals surface area (Å²) >= 11 is 2.09. The van der Waals surface area contributed by atoms with Gasteiger partial charge in [-0.2, -0.15) is 23.8 Å². The molecule has 1 heterocycles. The molecule has 0 saturated carbocycles. The number of aryl methyl sites for hydroxylation is 2. The van der Waals surface area contributed by atoms with Gasteiger partial charge in [-0.05, 0) is 34.2 Å². The monoisotopic (exact) mass is 561 g/mol. The van der Waals surface area contributed by atoms with Crippen LogP contribution >= 0.6 is 22.6 Å². The SMILES string of the molecule is Cc1c[c-]c(N2CCN(CC(=O)c3ccc(N=[N+]=[N-])c([125I])c3)CC2)c(C)c1.[Y]. The fourth-order valence-electron chi connectivity index (χ4n) is 3.32. The van der Waals surface area contributed by atoms with Gasteiger partial charge in [0.25, 0.3) is 0 Å². The Kier molecular flexibility index (Phi) is 8.90. The van der Waals surface area contributed by atoms with Crippen LogP contribution in [0.4, 0.5) is 11.4 Å². The van der Waals surface area contributed by atoms with Gasteiger partial charge >= 0.3 is 0 Å². The Morgan fingerprint density at radius 2 is 1.96 bits per heavy atom. The van der Waals surface area contributed by atoms with Gasteiger partial charge in [-0.25, -0.2) is 0 Å². The molecule has 0 bridgehead atoms. The molecular weight excluding hydrogens is 540 g/mol. The van der Waals surface area contributed by atoms with Gasteiger partial charge in [0.05, 0.1) is 12.2 Å². The van der Waals surface area contributed by atoms with Crippen molar-refractivity contribution in [1.29, 1.82) is 0 Å². The summed E-state index contributed by atoms with van der Waals surface area (Å²) in [4.78, 5) is 19.9. The van der Waals surface area contributed by atoms with E-state index in [2.05, 4.69) is 68.4 Å². The van der Waals surface area contributed by atoms with Crippen LogP contribution in [0.3, 0.4) is 0 Å². The van der Waals surface area contributed by atoms with Crippen LogP contribution in [0.1, 0.15) is 21.5 Å². The molecule has 1 radical (unpaired) electrons. The molecule has 0 amide bonds. The first kappa shape index (κ1) is 23.3. The summed E-state index contributed by atoms with van der Waals surface area (Å²) in [5, 5.41) is 3.61. The number of carbonyl (C=O) groups is 1. The maximum Gasteiger partial charge on any atom is 0.176 e. The number of anilines is 1. The molecule has 0 atom stereocenters. The summed E-state index contributed by atoms with van der Waals surface area (Å²) in [6, 6.07) is 12.8. The van der Waals surface area contributed by atoms with Crippen molar-refractivity contribution in [3.63, 3.8) is 0 Å². The van der Waals surface area contributed by atoms with Gasteiger partial charge in [-0.1, -0.05) is 36.8 Å². The molecule has 0 unspecified atom stereocenters. The predicted molar refractivity (Wildman–Crippen MR) is 116 cm³/mol. The smallest absolute Gasteiger partial charge is 0.176 e. The van der Waals surface area contributed by atoms with Gasteiger partial charge in [0, 0.05) is 72.9 Å². The molecule has 1 aliphatic heterocycles. The Labute approximate surface area is 204 Å². The van der Waals surface area contributed by atoms with E-state index in [0.29, 0.717) is 17.8 Å². The van der Waals surface area contributed by atoms with Crippen molar-refractivity contribution in [2.75, 3.05) is 37.6 Å². The number of hydrogen-bond donors (Lipinski definition) is 0. The third kappa shape index (κ3) is 5.77. The first-order valence-electron chi connectivity index (χ1n) is 8.82. The molecule has 3 rings (SSSR count). The largest absolute Gasteiger partial charge is 0.391 e. The standard InChI is InChI=1S/C20H21IN5O.Y/c1-14-3-6-19(15(2)11-14)26-9-7-25(8-10-26)13-20(27)16-4-5-18(23-24-22)17(21)12-16;/h3-5,11-12H,7-10,13H2,1-2H3;/q-1;/i21-2;. The van der Waals surface area contributed by atoms with Crippen LogP contribution in [0.15, 0.2) is 35.4 Å². The van der Waals surface area contributed by atoms with E-state index in [-0.39, 0.29) is 38.5 Å². The molecule has 0 aromatic heterocycles. The van der Waals surface area contributed by atoms with Crippen LogP contribution in [0, 0.1) is 23.5 Å². The summed E-state index contributed by atoms with van der Waals surface area (Å²) in [5.41, 5.74) is 13.4. The van der Waals surface area contributed by atoms with E-state index in [9.17, 15) is 4.79 Å². The third-order valence-corrected chi connectivity index (χ3v) is 5.60. The van der Waals surface area contributed by atoms with E-state index in [1.165, 1.54) is 11.1 Å². The van der Waals surface area contributed by atoms with Crippen LogP contribution in [0.25, 0.3) is 10.4 Å². The number of ketones is 1. The second-order valence-electron chi connectivity index (χ2n) is 6.75. The first-order chi connectivity index (χ1) is 13.0. The van der Waals surface area contributed by atoms with Gasteiger partial charge in [-0.15, -0.1) is 5.56 Å². The molecule has 8 heteroatoms. The summed E-state index contributed by atoms with van der Waals surface area (Å²) in [5.74, 6) is 0.0898. The van der Waals surface area contributed by atoms with Gasteiger partial charge in [0.1, 0.15) is 0 Å². The summed E-state index contributed by atoms with van der Waals surface area (Å²) < 4.78 is 0.784. The first-order valence-corrected chi connectivity index (χ1v) is 9.90. The van der Waals surface area contributed by atoms with Crippen LogP contribution in [-0.4, -0.2) is 43.4 Å². The second-order valence-corrected chi connectivity index (χ2v) is 7.91. The molecule has 143 valence electrons. The quantitative estimate of drug-likeness (QED) is 0.133. The van der Waals surface area contributed by atoms with Gasteiger partial charge in [0.15, 0.2) is 5.78 Å². The number of carbonyl (C=O) groups excluding carboxylic acids is 1. The molecule has 6 nitrogen and oxygen atoms in total. The van der Waals surface area contributed by atoms with Crippen LogP contribution in [0.2, 0.25) is 0 Å². The molecule has 1 aliphatic rings. The van der Waals surface area contributed by atoms with E-state index >= 15 is 0 Å². The van der Waals surface area contributed by atoms with Crippen molar-refractivity contribution in [2.45, 2.75) is 13.8 Å². The molecule has 0 N–H and O–H groups in total. The average Bonchev–Trinajstić information content (AvgIpc) is 2.64. The Hall–Kier alpha value is -0.986. The number of nitrogens with zero attached hydrogens (tertiary/aromatic N) is 5. The Morgan fingerprint density at radius 3 is 2.57 bits per heavy atom. The Bertz CT molecular complexity index is 905. The fourth-order valence-corrected chi connectivity index (χ4v) is 3.95. The molecule has 0 spiro atoms. The number of Topliss-reactive ketones (excluding diaryl/α,β-unsaturated/α-hetero) is 1. The molecule has 1 fully saturated rings. The van der Waals surface area contributed by atoms with Gasteiger partial charge in [-0.3, -0.25) is 9.69 Å². The minimum atomic E-state index is 0. The number of benzene rings is 2. The number of azide groups is 1. The zero-order chi connectivity index (χ0) is 19.4. The van der Waals surface area contributed by atoms with E-state index in [1.54, 1.807) is 18.2 Å². The van der Waals surface area contributed by atoms with Crippen LogP contribution in [-0.2, 0) is 32.7 Å². The van der Waals surface area contributed by atoms with Crippen molar-refractivity contribution in [3.05, 3.63) is 67.1 Å².